The van der Waals surface area contributed by atoms with Gasteiger partial charge >= 0.3 is 5.69 Å². The van der Waals surface area contributed by atoms with Gasteiger partial charge in [-0.25, -0.2) is 4.79 Å². The number of nitrogens with zero attached hydrogens (tertiary/aromatic N) is 2. The van der Waals surface area contributed by atoms with Crippen LogP contribution in [0.2, 0.25) is 0 Å². The molecule has 0 radical (unpaired) electrons. The molecule has 3 aromatic rings. The lowest BCUT2D eigenvalue weighted by Gasteiger charge is -2.35. The zero-order valence-electron chi connectivity index (χ0n) is 20.9. The monoisotopic (exact) mass is 476 g/mol. The van der Waals surface area contributed by atoms with Crippen molar-refractivity contribution >= 4 is 22.8 Å². The first-order valence-electron chi connectivity index (χ1n) is 12.6. The Morgan fingerprint density at radius 1 is 1.03 bits per heavy atom. The average molecular weight is 477 g/mol. The van der Waals surface area contributed by atoms with E-state index in [1.54, 1.807) is 0 Å². The molecule has 2 heterocycles. The van der Waals surface area contributed by atoms with Gasteiger partial charge in [0.05, 0.1) is 11.0 Å². The molecule has 35 heavy (non-hydrogen) atoms. The second-order valence-corrected chi connectivity index (χ2v) is 10.5. The first kappa shape index (κ1) is 24.8. The molecule has 0 unspecified atom stereocenters. The van der Waals surface area contributed by atoms with Crippen molar-refractivity contribution in [3.63, 3.8) is 0 Å². The van der Waals surface area contributed by atoms with Crippen molar-refractivity contribution in [3.05, 3.63) is 70.6 Å². The van der Waals surface area contributed by atoms with E-state index in [2.05, 4.69) is 22.4 Å². The number of fused-ring (bicyclic) bond motifs is 1. The molecule has 1 saturated heterocycles. The number of benzene rings is 2. The number of carbonyl (C=O) groups is 2. The van der Waals surface area contributed by atoms with Gasteiger partial charge in [-0.05, 0) is 49.8 Å². The van der Waals surface area contributed by atoms with Crippen LogP contribution in [0.5, 0.6) is 0 Å². The Morgan fingerprint density at radius 2 is 1.69 bits per heavy atom. The molecule has 0 spiro atoms. The zero-order valence-corrected chi connectivity index (χ0v) is 20.9. The van der Waals surface area contributed by atoms with Gasteiger partial charge in [-0.15, -0.1) is 0 Å². The summed E-state index contributed by atoms with van der Waals surface area (Å²) in [5, 5.41) is 3.02. The van der Waals surface area contributed by atoms with Crippen LogP contribution < -0.4 is 11.0 Å². The van der Waals surface area contributed by atoms with Crippen LogP contribution in [-0.2, 0) is 16.0 Å². The second kappa shape index (κ2) is 10.5. The standard InChI is InChI=1S/C28H36N4O3/c1-28(2,3)26(34)29-23(14-9-12-20-10-5-4-6-11-20)25(33)31-18-16-21(17-19-31)32-24-15-8-7-13-22(24)30-27(32)35/h4-8,10-11,13,15,21,23H,9,12,14,16-19H2,1-3H3,(H,29,34)(H,30,35)/t23-/m1/s1. The van der Waals surface area contributed by atoms with E-state index in [9.17, 15) is 14.4 Å². The molecule has 0 bridgehead atoms. The fourth-order valence-electron chi connectivity index (χ4n) is 4.79. The van der Waals surface area contributed by atoms with Crippen LogP contribution in [0.4, 0.5) is 0 Å². The van der Waals surface area contributed by atoms with E-state index < -0.39 is 11.5 Å². The van der Waals surface area contributed by atoms with Crippen molar-refractivity contribution in [1.29, 1.82) is 0 Å². The quantitative estimate of drug-likeness (QED) is 0.539. The van der Waals surface area contributed by atoms with E-state index >= 15 is 0 Å². The Hall–Kier alpha value is -3.35. The van der Waals surface area contributed by atoms with E-state index in [1.165, 1.54) is 5.56 Å². The minimum atomic E-state index is -0.568. The number of hydrogen-bond acceptors (Lipinski definition) is 3. The largest absolute Gasteiger partial charge is 0.344 e. The minimum Gasteiger partial charge on any atom is -0.344 e. The lowest BCUT2D eigenvalue weighted by Crippen LogP contribution is -2.53. The van der Waals surface area contributed by atoms with E-state index in [0.29, 0.717) is 32.4 Å². The van der Waals surface area contributed by atoms with Gasteiger partial charge in [0.1, 0.15) is 6.04 Å². The first-order chi connectivity index (χ1) is 16.7. The van der Waals surface area contributed by atoms with Crippen molar-refractivity contribution in [2.24, 2.45) is 5.41 Å². The van der Waals surface area contributed by atoms with Gasteiger partial charge in [0.2, 0.25) is 11.8 Å². The number of H-pyrrole nitrogens is 1. The van der Waals surface area contributed by atoms with Gasteiger partial charge in [0.15, 0.2) is 0 Å². The smallest absolute Gasteiger partial charge is 0.326 e. The molecule has 7 heteroatoms. The van der Waals surface area contributed by atoms with Crippen molar-refractivity contribution in [1.82, 2.24) is 19.8 Å². The predicted octanol–water partition coefficient (Wildman–Crippen LogP) is 4.05. The molecular formula is C28H36N4O3. The highest BCUT2D eigenvalue weighted by Crippen LogP contribution is 2.26. The highest BCUT2D eigenvalue weighted by Gasteiger charge is 2.32. The summed E-state index contributed by atoms with van der Waals surface area (Å²) in [4.78, 5) is 43.6. The molecule has 4 rings (SSSR count). The summed E-state index contributed by atoms with van der Waals surface area (Å²) >= 11 is 0. The molecule has 0 saturated carbocycles. The summed E-state index contributed by atoms with van der Waals surface area (Å²) in [5.74, 6) is -0.142. The van der Waals surface area contributed by atoms with Gasteiger partial charge in [-0.3, -0.25) is 14.2 Å². The van der Waals surface area contributed by atoms with Gasteiger partial charge in [-0.1, -0.05) is 63.2 Å². The summed E-state index contributed by atoms with van der Waals surface area (Å²) in [7, 11) is 0. The number of piperidine rings is 1. The normalized spacial score (nSPS) is 15.8. The number of hydrogen-bond donors (Lipinski definition) is 2. The maximum absolute atomic E-state index is 13.5. The maximum Gasteiger partial charge on any atom is 0.326 e. The fourth-order valence-corrected chi connectivity index (χ4v) is 4.79. The van der Waals surface area contributed by atoms with Crippen LogP contribution in [0.1, 0.15) is 58.1 Å². The number of carbonyl (C=O) groups excluding carboxylic acids is 2. The average Bonchev–Trinajstić information content (AvgIpc) is 3.18. The number of likely N-dealkylation sites (tertiary alicyclic amines) is 1. The fraction of sp³-hybridized carbons (Fsp3) is 0.464. The maximum atomic E-state index is 13.5. The number of aromatic nitrogens is 2. The molecule has 1 aromatic heterocycles. The van der Waals surface area contributed by atoms with Crippen molar-refractivity contribution in [3.8, 4) is 0 Å². The minimum absolute atomic E-state index is 0.0274. The van der Waals surface area contributed by atoms with Crippen LogP contribution in [-0.4, -0.2) is 45.4 Å². The molecule has 2 amide bonds. The Bertz CT molecular complexity index is 1210. The number of imidazole rings is 1. The number of amides is 2. The zero-order chi connectivity index (χ0) is 25.0. The molecule has 1 fully saturated rings. The SMILES string of the molecule is CC(C)(C)C(=O)N[C@H](CCCc1ccccc1)C(=O)N1CCC(n2c(=O)[nH]c3ccccc32)CC1. The van der Waals surface area contributed by atoms with E-state index in [4.69, 9.17) is 0 Å². The van der Waals surface area contributed by atoms with Crippen molar-refractivity contribution in [2.75, 3.05) is 13.1 Å². The Morgan fingerprint density at radius 3 is 2.37 bits per heavy atom. The summed E-state index contributed by atoms with van der Waals surface area (Å²) < 4.78 is 1.83. The third-order valence-electron chi connectivity index (χ3n) is 6.85. The van der Waals surface area contributed by atoms with Gasteiger partial charge < -0.3 is 15.2 Å². The van der Waals surface area contributed by atoms with Crippen molar-refractivity contribution in [2.45, 2.75) is 65.0 Å². The molecule has 1 aliphatic rings. The Balaban J connectivity index is 1.42. The number of para-hydroxylation sites is 2. The summed E-state index contributed by atoms with van der Waals surface area (Å²) in [6.07, 6.45) is 3.68. The molecule has 2 aromatic carbocycles. The van der Waals surface area contributed by atoms with E-state index in [0.717, 1.165) is 23.9 Å². The van der Waals surface area contributed by atoms with E-state index in [1.807, 2.05) is 72.7 Å². The number of aromatic amines is 1. The van der Waals surface area contributed by atoms with Crippen LogP contribution >= 0.6 is 0 Å². The number of nitrogens with one attached hydrogen (secondary N) is 2. The lowest BCUT2D eigenvalue weighted by atomic mass is 9.94. The molecule has 2 N–H and O–H groups in total. The third-order valence-corrected chi connectivity index (χ3v) is 6.85. The molecule has 0 aliphatic carbocycles. The Kier molecular flexibility index (Phi) is 7.43. The third kappa shape index (κ3) is 5.84. The highest BCUT2D eigenvalue weighted by molar-refractivity contribution is 5.89. The number of aryl methyl sites for hydroxylation is 1. The van der Waals surface area contributed by atoms with Crippen LogP contribution in [0.25, 0.3) is 11.0 Å². The van der Waals surface area contributed by atoms with Gasteiger partial charge in [-0.2, -0.15) is 0 Å². The Labute approximate surface area is 206 Å². The van der Waals surface area contributed by atoms with E-state index in [-0.39, 0.29) is 23.5 Å². The topological polar surface area (TPSA) is 87.2 Å². The van der Waals surface area contributed by atoms with Crippen LogP contribution in [0.3, 0.4) is 0 Å². The highest BCUT2D eigenvalue weighted by atomic mass is 16.2. The number of rotatable bonds is 7. The molecule has 1 atom stereocenters. The van der Waals surface area contributed by atoms with Crippen LogP contribution in [0.15, 0.2) is 59.4 Å². The van der Waals surface area contributed by atoms with Gasteiger partial charge in [0.25, 0.3) is 0 Å². The summed E-state index contributed by atoms with van der Waals surface area (Å²) in [6, 6.07) is 17.4. The molecule has 1 aliphatic heterocycles. The molecule has 7 nitrogen and oxygen atoms in total. The second-order valence-electron chi connectivity index (χ2n) is 10.5. The first-order valence-corrected chi connectivity index (χ1v) is 12.6. The molecule has 186 valence electrons. The summed E-state index contributed by atoms with van der Waals surface area (Å²) in [5.41, 5.74) is 2.29. The van der Waals surface area contributed by atoms with Crippen molar-refractivity contribution < 1.29 is 9.59 Å². The summed E-state index contributed by atoms with van der Waals surface area (Å²) in [6.45, 7) is 6.71. The predicted molar refractivity (Wildman–Crippen MR) is 138 cm³/mol. The lowest BCUT2D eigenvalue weighted by molar-refractivity contribution is -0.139. The van der Waals surface area contributed by atoms with Crippen LogP contribution in [0, 0.1) is 5.41 Å². The molecular weight excluding hydrogens is 440 g/mol. The van der Waals surface area contributed by atoms with Gasteiger partial charge in [0, 0.05) is 24.5 Å².